The van der Waals surface area contributed by atoms with Crippen molar-refractivity contribution < 1.29 is 22.7 Å². The first-order chi connectivity index (χ1) is 19.2. The van der Waals surface area contributed by atoms with Crippen LogP contribution in [0.3, 0.4) is 0 Å². The number of nitrogens with one attached hydrogen (secondary N) is 2. The molecular weight excluding hydrogens is 530 g/mol. The lowest BCUT2D eigenvalue weighted by molar-refractivity contribution is -0.120. The van der Waals surface area contributed by atoms with Crippen molar-refractivity contribution in [2.75, 3.05) is 18.6 Å². The van der Waals surface area contributed by atoms with Crippen LogP contribution in [0.25, 0.3) is 11.1 Å². The highest BCUT2D eigenvalue weighted by Gasteiger charge is 2.29. The second-order valence-electron chi connectivity index (χ2n) is 9.51. The highest BCUT2D eigenvalue weighted by molar-refractivity contribution is 7.90. The zero-order valence-corrected chi connectivity index (χ0v) is 22.9. The summed E-state index contributed by atoms with van der Waals surface area (Å²) in [6.45, 7) is 0.590. The molecule has 0 saturated carbocycles. The summed E-state index contributed by atoms with van der Waals surface area (Å²) in [5, 5.41) is 6.71. The molecule has 0 unspecified atom stereocenters. The predicted molar refractivity (Wildman–Crippen MR) is 150 cm³/mol. The van der Waals surface area contributed by atoms with Crippen LogP contribution in [0.1, 0.15) is 11.1 Å². The second kappa shape index (κ2) is 11.2. The Morgan fingerprint density at radius 2 is 1.82 bits per heavy atom. The summed E-state index contributed by atoms with van der Waals surface area (Å²) in [5.41, 5.74) is 3.44. The van der Waals surface area contributed by atoms with Crippen LogP contribution < -0.4 is 19.7 Å². The first-order valence-corrected chi connectivity index (χ1v) is 14.2. The van der Waals surface area contributed by atoms with E-state index in [9.17, 15) is 18.0 Å². The molecule has 3 amide bonds. The monoisotopic (exact) mass is 559 g/mol. The van der Waals surface area contributed by atoms with Gasteiger partial charge in [-0.3, -0.25) is 9.48 Å². The minimum Gasteiger partial charge on any atom is -0.493 e. The van der Waals surface area contributed by atoms with Crippen molar-refractivity contribution in [3.8, 4) is 16.9 Å². The molecule has 0 bridgehead atoms. The number of nitrogens with zero attached hydrogens (tertiary/aromatic N) is 3. The van der Waals surface area contributed by atoms with Gasteiger partial charge in [0.15, 0.2) is 0 Å². The lowest BCUT2D eigenvalue weighted by Gasteiger charge is -2.25. The zero-order chi connectivity index (χ0) is 28.3. The molecule has 0 spiro atoms. The molecule has 1 aromatic heterocycles. The minimum atomic E-state index is -4.29. The van der Waals surface area contributed by atoms with E-state index in [0.29, 0.717) is 23.4 Å². The molecule has 10 nitrogen and oxygen atoms in total. The second-order valence-corrected chi connectivity index (χ2v) is 11.2. The van der Waals surface area contributed by atoms with E-state index in [-0.39, 0.29) is 11.3 Å². The van der Waals surface area contributed by atoms with Gasteiger partial charge in [0.25, 0.3) is 10.0 Å². The number of rotatable bonds is 8. The molecule has 4 aromatic rings. The number of benzene rings is 3. The third kappa shape index (κ3) is 5.84. The summed E-state index contributed by atoms with van der Waals surface area (Å²) < 4.78 is 35.8. The number of anilines is 1. The standard InChI is InChI=1S/C29H29N5O5S/c1-33-19-22(18-30-33)24-10-6-7-11-27(24)40(37,38)32-29(36)31-25(16-20-8-4-3-5-9-20)28(35)34(2)23-12-13-26-21(17-23)14-15-39-26/h3-13,17-19,25H,14-16H2,1-2H3,(H2,31,32,36)/t25-/m0/s1. The lowest BCUT2D eigenvalue weighted by Crippen LogP contribution is -2.52. The summed E-state index contributed by atoms with van der Waals surface area (Å²) in [6.07, 6.45) is 4.14. The van der Waals surface area contributed by atoms with Gasteiger partial charge in [-0.15, -0.1) is 0 Å². The number of urea groups is 1. The highest BCUT2D eigenvalue weighted by Crippen LogP contribution is 2.30. The Morgan fingerprint density at radius 1 is 1.07 bits per heavy atom. The molecule has 2 N–H and O–H groups in total. The Labute approximate surface area is 232 Å². The molecule has 0 fully saturated rings. The van der Waals surface area contributed by atoms with E-state index in [2.05, 4.69) is 15.1 Å². The molecule has 1 atom stereocenters. The number of aromatic nitrogens is 2. The maximum absolute atomic E-state index is 13.7. The number of amides is 3. The maximum atomic E-state index is 13.7. The van der Waals surface area contributed by atoms with Crippen LogP contribution in [0.15, 0.2) is 90.1 Å². The Hall–Kier alpha value is -4.64. The summed E-state index contributed by atoms with van der Waals surface area (Å²) in [7, 11) is -0.941. The number of likely N-dealkylation sites (N-methyl/N-ethyl adjacent to an activating group) is 1. The van der Waals surface area contributed by atoms with Crippen molar-refractivity contribution in [1.82, 2.24) is 19.8 Å². The number of ether oxygens (including phenoxy) is 1. The van der Waals surface area contributed by atoms with Crippen LogP contribution in [0.5, 0.6) is 5.75 Å². The molecular formula is C29H29N5O5S. The van der Waals surface area contributed by atoms with Gasteiger partial charge in [-0.2, -0.15) is 5.10 Å². The fraction of sp³-hybridized carbons (Fsp3) is 0.207. The third-order valence-corrected chi connectivity index (χ3v) is 8.09. The molecule has 3 aromatic carbocycles. The smallest absolute Gasteiger partial charge is 0.329 e. The summed E-state index contributed by atoms with van der Waals surface area (Å²) in [4.78, 5) is 28.1. The quantitative estimate of drug-likeness (QED) is 0.342. The topological polar surface area (TPSA) is 123 Å². The third-order valence-electron chi connectivity index (χ3n) is 6.70. The van der Waals surface area contributed by atoms with Gasteiger partial charge in [-0.1, -0.05) is 48.5 Å². The number of aryl methyl sites for hydroxylation is 1. The van der Waals surface area contributed by atoms with Crippen molar-refractivity contribution >= 4 is 27.6 Å². The predicted octanol–water partition coefficient (Wildman–Crippen LogP) is 3.28. The van der Waals surface area contributed by atoms with Crippen LogP contribution in [0.2, 0.25) is 0 Å². The Bertz CT molecular complexity index is 1650. The van der Waals surface area contributed by atoms with Gasteiger partial charge in [-0.25, -0.2) is 17.9 Å². The first-order valence-electron chi connectivity index (χ1n) is 12.7. The minimum absolute atomic E-state index is 0.0819. The normalized spacial score (nSPS) is 13.2. The van der Waals surface area contributed by atoms with Crippen LogP contribution >= 0.6 is 0 Å². The van der Waals surface area contributed by atoms with E-state index in [1.807, 2.05) is 42.5 Å². The van der Waals surface area contributed by atoms with Crippen molar-refractivity contribution in [2.45, 2.75) is 23.8 Å². The average molecular weight is 560 g/mol. The van der Waals surface area contributed by atoms with Crippen LogP contribution in [0, 0.1) is 0 Å². The molecule has 206 valence electrons. The fourth-order valence-electron chi connectivity index (χ4n) is 4.66. The summed E-state index contributed by atoms with van der Waals surface area (Å²) in [6, 6.07) is 19.0. The Morgan fingerprint density at radius 3 is 2.58 bits per heavy atom. The molecule has 1 aliphatic heterocycles. The number of carbonyl (C=O) groups is 2. The molecule has 0 aliphatic carbocycles. The maximum Gasteiger partial charge on any atom is 0.329 e. The Kier molecular flexibility index (Phi) is 7.56. The molecule has 40 heavy (non-hydrogen) atoms. The highest BCUT2D eigenvalue weighted by atomic mass is 32.2. The van der Waals surface area contributed by atoms with Gasteiger partial charge in [0.2, 0.25) is 5.91 Å². The van der Waals surface area contributed by atoms with E-state index >= 15 is 0 Å². The van der Waals surface area contributed by atoms with Gasteiger partial charge < -0.3 is 15.0 Å². The van der Waals surface area contributed by atoms with Crippen LogP contribution in [0.4, 0.5) is 10.5 Å². The van der Waals surface area contributed by atoms with Crippen molar-refractivity contribution in [1.29, 1.82) is 0 Å². The number of sulfonamides is 1. The van der Waals surface area contributed by atoms with Gasteiger partial charge in [-0.05, 0) is 35.4 Å². The average Bonchev–Trinajstić information content (AvgIpc) is 3.60. The van der Waals surface area contributed by atoms with Crippen molar-refractivity contribution in [3.05, 3.63) is 96.3 Å². The van der Waals surface area contributed by atoms with Gasteiger partial charge >= 0.3 is 6.03 Å². The zero-order valence-electron chi connectivity index (χ0n) is 22.1. The largest absolute Gasteiger partial charge is 0.493 e. The SMILES string of the molecule is CN(C(=O)[C@H](Cc1ccccc1)NC(=O)NS(=O)(=O)c1ccccc1-c1cnn(C)c1)c1ccc2c(c1)CCO2. The van der Waals surface area contributed by atoms with E-state index in [4.69, 9.17) is 4.74 Å². The number of hydrogen-bond acceptors (Lipinski definition) is 6. The van der Waals surface area contributed by atoms with Crippen molar-refractivity contribution in [2.24, 2.45) is 7.05 Å². The molecule has 0 radical (unpaired) electrons. The molecule has 1 aliphatic rings. The molecule has 0 saturated heterocycles. The van der Waals surface area contributed by atoms with Gasteiger partial charge in [0.1, 0.15) is 11.8 Å². The number of carbonyl (C=O) groups excluding carboxylic acids is 2. The van der Waals surface area contributed by atoms with Gasteiger partial charge in [0.05, 0.1) is 17.7 Å². The summed E-state index contributed by atoms with van der Waals surface area (Å²) in [5.74, 6) is 0.394. The van der Waals surface area contributed by atoms with E-state index in [1.165, 1.54) is 11.0 Å². The first kappa shape index (κ1) is 26.9. The number of hydrogen-bond donors (Lipinski definition) is 2. The van der Waals surface area contributed by atoms with Crippen molar-refractivity contribution in [3.63, 3.8) is 0 Å². The van der Waals surface area contributed by atoms with Crippen LogP contribution in [-0.4, -0.2) is 49.8 Å². The van der Waals surface area contributed by atoms with E-state index < -0.39 is 28.0 Å². The van der Waals surface area contributed by atoms with Gasteiger partial charge in [0, 0.05) is 49.9 Å². The molecule has 11 heteroatoms. The van der Waals surface area contributed by atoms with Crippen LogP contribution in [-0.2, 0) is 34.7 Å². The molecule has 2 heterocycles. The summed E-state index contributed by atoms with van der Waals surface area (Å²) >= 11 is 0. The molecule has 5 rings (SSSR count). The van der Waals surface area contributed by atoms with E-state index in [0.717, 1.165) is 23.3 Å². The Balaban J connectivity index is 1.37. The van der Waals surface area contributed by atoms with E-state index in [1.54, 1.807) is 55.4 Å². The number of fused-ring (bicyclic) bond motifs is 1. The fourth-order valence-corrected chi connectivity index (χ4v) is 5.80. The lowest BCUT2D eigenvalue weighted by atomic mass is 10.0.